The first-order valence-electron chi connectivity index (χ1n) is 7.24. The topological polar surface area (TPSA) is 47.3 Å². The van der Waals surface area contributed by atoms with Crippen LogP contribution in [0.2, 0.25) is 0 Å². The van der Waals surface area contributed by atoms with Crippen molar-refractivity contribution >= 4 is 16.8 Å². The van der Waals surface area contributed by atoms with Crippen LogP contribution in [0.3, 0.4) is 0 Å². The zero-order valence-corrected chi connectivity index (χ0v) is 11.8. The number of rotatable bonds is 2. The molecule has 106 valence electrons. The number of nitrogens with one attached hydrogen (secondary N) is 1. The molecule has 1 aliphatic heterocycles. The van der Waals surface area contributed by atoms with Gasteiger partial charge >= 0.3 is 0 Å². The fourth-order valence-corrected chi connectivity index (χ4v) is 2.65. The summed E-state index contributed by atoms with van der Waals surface area (Å²) < 4.78 is 11.7. The monoisotopic (exact) mass is 280 g/mol. The second-order valence-corrected chi connectivity index (χ2v) is 5.13. The molecule has 21 heavy (non-hydrogen) atoms. The van der Waals surface area contributed by atoms with Gasteiger partial charge in [0.1, 0.15) is 12.1 Å². The summed E-state index contributed by atoms with van der Waals surface area (Å²) in [5, 5.41) is 3.33. The molecule has 1 N–H and O–H groups in total. The molecule has 0 bridgehead atoms. The molecule has 0 radical (unpaired) electrons. The van der Waals surface area contributed by atoms with Gasteiger partial charge in [-0.1, -0.05) is 19.1 Å². The van der Waals surface area contributed by atoms with E-state index in [0.29, 0.717) is 12.5 Å². The second kappa shape index (κ2) is 4.81. The summed E-state index contributed by atoms with van der Waals surface area (Å²) in [6.45, 7) is 3.61. The maximum atomic E-state index is 5.90. The zero-order valence-electron chi connectivity index (χ0n) is 11.8. The first-order chi connectivity index (χ1) is 10.3. The number of aryl methyl sites for hydroxylation is 1. The van der Waals surface area contributed by atoms with Crippen LogP contribution in [0.4, 0.5) is 5.69 Å². The Morgan fingerprint density at radius 3 is 3.10 bits per heavy atom. The minimum atomic E-state index is 0.610. The fourth-order valence-electron chi connectivity index (χ4n) is 2.65. The number of benzene rings is 2. The number of oxazole rings is 1. The van der Waals surface area contributed by atoms with Crippen molar-refractivity contribution in [1.29, 1.82) is 0 Å². The third-order valence-corrected chi connectivity index (χ3v) is 3.77. The van der Waals surface area contributed by atoms with E-state index in [9.17, 15) is 0 Å². The molecule has 0 fully saturated rings. The minimum absolute atomic E-state index is 0.610. The van der Waals surface area contributed by atoms with E-state index in [4.69, 9.17) is 9.15 Å². The maximum Gasteiger partial charge on any atom is 0.231 e. The highest BCUT2D eigenvalue weighted by atomic mass is 16.5. The van der Waals surface area contributed by atoms with Gasteiger partial charge in [-0.2, -0.15) is 0 Å². The van der Waals surface area contributed by atoms with Crippen LogP contribution in [0.5, 0.6) is 5.75 Å². The number of aromatic nitrogens is 1. The Hall–Kier alpha value is -2.49. The smallest absolute Gasteiger partial charge is 0.231 e. The lowest BCUT2D eigenvalue weighted by molar-refractivity contribution is 0.324. The van der Waals surface area contributed by atoms with E-state index < -0.39 is 0 Å². The number of fused-ring (bicyclic) bond motifs is 2. The third-order valence-electron chi connectivity index (χ3n) is 3.77. The van der Waals surface area contributed by atoms with Crippen LogP contribution in [-0.4, -0.2) is 18.1 Å². The average Bonchev–Trinajstić information content (AvgIpc) is 2.97. The summed E-state index contributed by atoms with van der Waals surface area (Å²) in [6, 6.07) is 12.1. The van der Waals surface area contributed by atoms with Crippen molar-refractivity contribution in [2.75, 3.05) is 18.5 Å². The van der Waals surface area contributed by atoms with Crippen LogP contribution in [0, 0.1) is 0 Å². The number of anilines is 1. The van der Waals surface area contributed by atoms with Gasteiger partial charge < -0.3 is 14.5 Å². The van der Waals surface area contributed by atoms with Gasteiger partial charge in [-0.25, -0.2) is 4.98 Å². The molecular formula is C17H16N2O2. The largest absolute Gasteiger partial charge is 0.489 e. The molecule has 4 heteroatoms. The lowest BCUT2D eigenvalue weighted by Crippen LogP contribution is -2.18. The van der Waals surface area contributed by atoms with E-state index in [-0.39, 0.29) is 0 Å². The van der Waals surface area contributed by atoms with Crippen molar-refractivity contribution in [3.63, 3.8) is 0 Å². The molecule has 4 rings (SSSR count). The van der Waals surface area contributed by atoms with Crippen LogP contribution in [0.1, 0.15) is 12.5 Å². The predicted molar refractivity (Wildman–Crippen MR) is 82.8 cm³/mol. The van der Waals surface area contributed by atoms with Gasteiger partial charge in [0.2, 0.25) is 5.89 Å². The number of hydrogen-bond acceptors (Lipinski definition) is 4. The third kappa shape index (κ3) is 2.03. The molecule has 0 atom stereocenters. The molecular weight excluding hydrogens is 264 g/mol. The molecule has 2 heterocycles. The molecule has 0 saturated heterocycles. The lowest BCUT2D eigenvalue weighted by Gasteiger charge is -2.20. The van der Waals surface area contributed by atoms with Crippen molar-refractivity contribution in [2.45, 2.75) is 13.3 Å². The summed E-state index contributed by atoms with van der Waals surface area (Å²) in [4.78, 5) is 4.63. The van der Waals surface area contributed by atoms with Crippen LogP contribution in [0.25, 0.3) is 22.6 Å². The van der Waals surface area contributed by atoms with Crippen LogP contribution in [0.15, 0.2) is 40.8 Å². The van der Waals surface area contributed by atoms with Gasteiger partial charge in [0.25, 0.3) is 0 Å². The Morgan fingerprint density at radius 2 is 2.19 bits per heavy atom. The number of para-hydroxylation sites is 1. The maximum absolute atomic E-state index is 5.90. The van der Waals surface area contributed by atoms with E-state index in [1.165, 1.54) is 5.56 Å². The van der Waals surface area contributed by atoms with Gasteiger partial charge in [0, 0.05) is 6.54 Å². The molecule has 2 aromatic carbocycles. The van der Waals surface area contributed by atoms with Crippen molar-refractivity contribution in [2.24, 2.45) is 0 Å². The minimum Gasteiger partial charge on any atom is -0.489 e. The lowest BCUT2D eigenvalue weighted by atomic mass is 10.1. The molecule has 3 aromatic rings. The van der Waals surface area contributed by atoms with E-state index in [1.807, 2.05) is 24.3 Å². The molecule has 0 amide bonds. The second-order valence-electron chi connectivity index (χ2n) is 5.13. The van der Waals surface area contributed by atoms with Crippen molar-refractivity contribution in [1.82, 2.24) is 4.98 Å². The standard InChI is InChI=1S/C17H16N2O2/c1-2-11-6-7-15-14(10-11)19-17(21-15)12-4-3-5-13-16(12)20-9-8-18-13/h3-7,10,18H,2,8-9H2,1H3. The normalized spacial score (nSPS) is 13.6. The van der Waals surface area contributed by atoms with E-state index in [1.54, 1.807) is 0 Å². The number of ether oxygens (including phenoxy) is 1. The van der Waals surface area contributed by atoms with Crippen molar-refractivity contribution in [3.8, 4) is 17.2 Å². The molecule has 0 spiro atoms. The summed E-state index contributed by atoms with van der Waals surface area (Å²) in [5.74, 6) is 1.44. The first-order valence-corrected chi connectivity index (χ1v) is 7.24. The first kappa shape index (κ1) is 12.3. The molecule has 0 aliphatic carbocycles. The molecule has 4 nitrogen and oxygen atoms in total. The van der Waals surface area contributed by atoms with Crippen molar-refractivity contribution in [3.05, 3.63) is 42.0 Å². The Kier molecular flexibility index (Phi) is 2.81. The molecule has 0 unspecified atom stereocenters. The zero-order chi connectivity index (χ0) is 14.2. The average molecular weight is 280 g/mol. The summed E-state index contributed by atoms with van der Waals surface area (Å²) in [7, 11) is 0. The van der Waals surface area contributed by atoms with Gasteiger partial charge in [-0.05, 0) is 36.2 Å². The highest BCUT2D eigenvalue weighted by molar-refractivity contribution is 5.81. The highest BCUT2D eigenvalue weighted by Gasteiger charge is 2.19. The Bertz CT molecular complexity index is 808. The van der Waals surface area contributed by atoms with Gasteiger partial charge in [0.05, 0.1) is 11.3 Å². The predicted octanol–water partition coefficient (Wildman–Crippen LogP) is 3.86. The Balaban J connectivity index is 1.86. The Labute approximate surface area is 122 Å². The van der Waals surface area contributed by atoms with Gasteiger partial charge in [-0.15, -0.1) is 0 Å². The van der Waals surface area contributed by atoms with Crippen LogP contribution in [-0.2, 0) is 6.42 Å². The fraction of sp³-hybridized carbons (Fsp3) is 0.235. The van der Waals surface area contributed by atoms with Gasteiger partial charge in [0.15, 0.2) is 11.3 Å². The highest BCUT2D eigenvalue weighted by Crippen LogP contribution is 2.38. The molecule has 1 aliphatic rings. The van der Waals surface area contributed by atoms with Crippen molar-refractivity contribution < 1.29 is 9.15 Å². The SMILES string of the molecule is CCc1ccc2oc(-c3cccc4c3OCCN4)nc2c1. The van der Waals surface area contributed by atoms with Crippen LogP contribution < -0.4 is 10.1 Å². The number of nitrogens with zero attached hydrogens (tertiary/aromatic N) is 1. The Morgan fingerprint density at radius 1 is 1.24 bits per heavy atom. The summed E-state index contributed by atoms with van der Waals surface area (Å²) >= 11 is 0. The summed E-state index contributed by atoms with van der Waals surface area (Å²) in [6.07, 6.45) is 0.992. The quantitative estimate of drug-likeness (QED) is 0.774. The number of hydrogen-bond donors (Lipinski definition) is 1. The van der Waals surface area contributed by atoms with Crippen LogP contribution >= 0.6 is 0 Å². The van der Waals surface area contributed by atoms with E-state index in [2.05, 4.69) is 29.4 Å². The molecule has 0 saturated carbocycles. The van der Waals surface area contributed by atoms with E-state index in [0.717, 1.165) is 41.1 Å². The van der Waals surface area contributed by atoms with E-state index >= 15 is 0 Å². The van der Waals surface area contributed by atoms with Gasteiger partial charge in [-0.3, -0.25) is 0 Å². The summed E-state index contributed by atoms with van der Waals surface area (Å²) in [5.41, 5.74) is 4.86. The molecule has 1 aromatic heterocycles.